The summed E-state index contributed by atoms with van der Waals surface area (Å²) in [7, 11) is 1.44. The van der Waals surface area contributed by atoms with Crippen LogP contribution in [0.5, 0.6) is 5.75 Å². The van der Waals surface area contributed by atoms with Crippen LogP contribution < -0.4 is 4.74 Å². The Morgan fingerprint density at radius 3 is 2.53 bits per heavy atom. The van der Waals surface area contributed by atoms with Gasteiger partial charge in [0, 0.05) is 24.5 Å². The first-order valence-corrected chi connectivity index (χ1v) is 12.7. The second-order valence-electron chi connectivity index (χ2n) is 10.5. The lowest BCUT2D eigenvalue weighted by Crippen LogP contribution is -2.36. The fourth-order valence-electron chi connectivity index (χ4n) is 5.60. The Hall–Kier alpha value is -3.29. The number of nitrogens with zero attached hydrogens (tertiary/aromatic N) is 1. The fraction of sp³-hybridized carbons (Fsp3) is 0.433. The minimum absolute atomic E-state index is 0.0735. The number of hydrogen-bond acceptors (Lipinski definition) is 3. The molecule has 2 aliphatic rings. The van der Waals surface area contributed by atoms with Crippen LogP contribution in [0.15, 0.2) is 55.1 Å². The van der Waals surface area contributed by atoms with Gasteiger partial charge in [-0.3, -0.25) is 4.90 Å². The topological polar surface area (TPSA) is 38.8 Å². The van der Waals surface area contributed by atoms with Gasteiger partial charge in [0.2, 0.25) is 0 Å². The first kappa shape index (κ1) is 27.7. The van der Waals surface area contributed by atoms with Crippen LogP contribution in [0, 0.1) is 17.6 Å². The van der Waals surface area contributed by atoms with Crippen LogP contribution in [0.3, 0.4) is 0 Å². The van der Waals surface area contributed by atoms with Crippen molar-refractivity contribution < 1.29 is 31.8 Å². The number of cyclic esters (lactones) is 1. The summed E-state index contributed by atoms with van der Waals surface area (Å²) in [4.78, 5) is 14.7. The molecule has 0 N–H and O–H groups in total. The van der Waals surface area contributed by atoms with E-state index in [1.807, 2.05) is 13.8 Å². The third-order valence-corrected chi connectivity index (χ3v) is 7.69. The van der Waals surface area contributed by atoms with Crippen molar-refractivity contribution in [2.45, 2.75) is 70.1 Å². The third-order valence-electron chi connectivity index (χ3n) is 7.69. The molecule has 2 saturated heterocycles. The molecule has 38 heavy (non-hydrogen) atoms. The quantitative estimate of drug-likeness (QED) is 0.242. The molecule has 2 aliphatic heterocycles. The van der Waals surface area contributed by atoms with Crippen LogP contribution in [0.1, 0.15) is 63.1 Å². The minimum Gasteiger partial charge on any atom is -0.496 e. The van der Waals surface area contributed by atoms with Gasteiger partial charge in [0.15, 0.2) is 0 Å². The Bertz CT molecular complexity index is 1250. The van der Waals surface area contributed by atoms with E-state index in [9.17, 15) is 22.4 Å². The van der Waals surface area contributed by atoms with Gasteiger partial charge in [-0.2, -0.15) is 0 Å². The summed E-state index contributed by atoms with van der Waals surface area (Å²) in [6.45, 7) is 11.8. The van der Waals surface area contributed by atoms with Crippen molar-refractivity contribution in [2.75, 3.05) is 7.11 Å². The highest BCUT2D eigenvalue weighted by Crippen LogP contribution is 2.48. The van der Waals surface area contributed by atoms with E-state index in [2.05, 4.69) is 13.2 Å². The lowest BCUT2D eigenvalue weighted by atomic mass is 9.88. The summed E-state index contributed by atoms with van der Waals surface area (Å²) < 4.78 is 68.1. The van der Waals surface area contributed by atoms with Crippen LogP contribution in [0.2, 0.25) is 0 Å². The van der Waals surface area contributed by atoms with E-state index in [0.717, 1.165) is 6.92 Å². The molecular weight excluding hydrogens is 498 g/mol. The maximum atomic E-state index is 14.7. The second kappa shape index (κ2) is 10.5. The monoisotopic (exact) mass is 531 g/mol. The number of methoxy groups -OCH3 is 1. The van der Waals surface area contributed by atoms with E-state index in [-0.39, 0.29) is 17.9 Å². The summed E-state index contributed by atoms with van der Waals surface area (Å²) in [5.41, 5.74) is 1.98. The smallest absolute Gasteiger partial charge is 0.411 e. The number of alkyl halides is 2. The molecule has 0 bridgehead atoms. The highest BCUT2D eigenvalue weighted by Gasteiger charge is 2.52. The lowest BCUT2D eigenvalue weighted by Gasteiger charge is -2.27. The van der Waals surface area contributed by atoms with Gasteiger partial charge in [-0.1, -0.05) is 32.6 Å². The van der Waals surface area contributed by atoms with Gasteiger partial charge >= 0.3 is 6.09 Å². The molecular formula is C30H33F4NO3. The number of ether oxygens (including phenoxy) is 2. The Morgan fingerprint density at radius 1 is 1.21 bits per heavy atom. The van der Waals surface area contributed by atoms with Crippen LogP contribution in [0.4, 0.5) is 22.4 Å². The van der Waals surface area contributed by atoms with Crippen molar-refractivity contribution in [2.24, 2.45) is 5.92 Å². The van der Waals surface area contributed by atoms with E-state index in [0.29, 0.717) is 40.8 Å². The molecule has 4 atom stereocenters. The number of halogens is 4. The predicted octanol–water partition coefficient (Wildman–Crippen LogP) is 8.19. The SMILES string of the molecule is C=CC(CC(=C)C(C)(F)F)C1OC(=O)N2C(c3cc(F)ccc3-c3cc(C(C)C)c(F)cc3OC)CCC12. The van der Waals surface area contributed by atoms with Crippen LogP contribution in [0.25, 0.3) is 11.1 Å². The first-order chi connectivity index (χ1) is 17.9. The average molecular weight is 532 g/mol. The molecule has 2 fully saturated rings. The summed E-state index contributed by atoms with van der Waals surface area (Å²) in [5.74, 6) is -4.31. The maximum absolute atomic E-state index is 14.7. The molecule has 204 valence electrons. The van der Waals surface area contributed by atoms with Crippen molar-refractivity contribution in [1.82, 2.24) is 4.90 Å². The Morgan fingerprint density at radius 2 is 1.92 bits per heavy atom. The third kappa shape index (κ3) is 5.05. The van der Waals surface area contributed by atoms with E-state index >= 15 is 0 Å². The van der Waals surface area contributed by atoms with Crippen molar-refractivity contribution in [3.63, 3.8) is 0 Å². The van der Waals surface area contributed by atoms with Gasteiger partial charge < -0.3 is 9.47 Å². The summed E-state index contributed by atoms with van der Waals surface area (Å²) in [6, 6.07) is 6.41. The predicted molar refractivity (Wildman–Crippen MR) is 138 cm³/mol. The number of fused-ring (bicyclic) bond motifs is 1. The zero-order valence-corrected chi connectivity index (χ0v) is 22.1. The molecule has 0 spiro atoms. The zero-order valence-electron chi connectivity index (χ0n) is 22.1. The Balaban J connectivity index is 1.73. The highest BCUT2D eigenvalue weighted by atomic mass is 19.3. The fourth-order valence-corrected chi connectivity index (χ4v) is 5.60. The molecule has 2 aromatic rings. The van der Waals surface area contributed by atoms with Crippen LogP contribution in [-0.2, 0) is 4.74 Å². The number of carbonyl (C=O) groups is 1. The van der Waals surface area contributed by atoms with E-state index in [1.54, 1.807) is 17.0 Å². The standard InChI is InChI=1S/C30H33F4NO3/c1-7-18(12-17(4)30(5,33)34)28-26-11-10-25(35(26)29(36)38-28)22-13-19(31)8-9-20(22)23-14-21(16(2)3)24(32)15-27(23)37-6/h7-9,13-16,18,25-26,28H,1,4,10-12H2,2-3,5-6H3. The molecule has 2 aromatic carbocycles. The van der Waals surface area contributed by atoms with Gasteiger partial charge in [-0.05, 0) is 65.6 Å². The molecule has 4 nitrogen and oxygen atoms in total. The molecule has 4 rings (SSSR count). The first-order valence-electron chi connectivity index (χ1n) is 12.7. The Labute approximate surface area is 220 Å². The van der Waals surface area contributed by atoms with E-state index in [1.165, 1.54) is 31.4 Å². The lowest BCUT2D eigenvalue weighted by molar-refractivity contribution is 0.0514. The van der Waals surface area contributed by atoms with Gasteiger partial charge in [0.05, 0.1) is 19.2 Å². The van der Waals surface area contributed by atoms with Crippen molar-refractivity contribution in [1.29, 1.82) is 0 Å². The van der Waals surface area contributed by atoms with Crippen molar-refractivity contribution in [3.05, 3.63) is 77.9 Å². The van der Waals surface area contributed by atoms with Gasteiger partial charge in [-0.25, -0.2) is 22.4 Å². The highest BCUT2D eigenvalue weighted by molar-refractivity contribution is 5.77. The number of amides is 1. The number of allylic oxidation sites excluding steroid dienone is 1. The number of rotatable bonds is 9. The molecule has 4 unspecified atom stereocenters. The van der Waals surface area contributed by atoms with Crippen LogP contribution >= 0.6 is 0 Å². The molecule has 0 radical (unpaired) electrons. The molecule has 0 aromatic heterocycles. The average Bonchev–Trinajstić information content (AvgIpc) is 3.42. The molecule has 8 heteroatoms. The molecule has 1 amide bonds. The zero-order chi connectivity index (χ0) is 27.9. The van der Waals surface area contributed by atoms with Gasteiger partial charge in [0.25, 0.3) is 5.92 Å². The molecule has 0 aliphatic carbocycles. The van der Waals surface area contributed by atoms with Crippen molar-refractivity contribution >= 4 is 6.09 Å². The number of benzene rings is 2. The number of carbonyl (C=O) groups excluding carboxylic acids is 1. The Kier molecular flexibility index (Phi) is 7.64. The van der Waals surface area contributed by atoms with Crippen LogP contribution in [-0.4, -0.2) is 36.2 Å². The second-order valence-corrected chi connectivity index (χ2v) is 10.5. The normalized spacial score (nSPS) is 21.9. The van der Waals surface area contributed by atoms with Gasteiger partial charge in [0.1, 0.15) is 23.5 Å². The van der Waals surface area contributed by atoms with E-state index < -0.39 is 47.8 Å². The molecule has 2 heterocycles. The summed E-state index contributed by atoms with van der Waals surface area (Å²) in [5, 5.41) is 0. The largest absolute Gasteiger partial charge is 0.496 e. The minimum atomic E-state index is -3.07. The number of hydrogen-bond donors (Lipinski definition) is 0. The maximum Gasteiger partial charge on any atom is 0.411 e. The summed E-state index contributed by atoms with van der Waals surface area (Å²) in [6.07, 6.45) is 1.23. The molecule has 0 saturated carbocycles. The summed E-state index contributed by atoms with van der Waals surface area (Å²) >= 11 is 0. The van der Waals surface area contributed by atoms with Crippen molar-refractivity contribution in [3.8, 4) is 16.9 Å². The van der Waals surface area contributed by atoms with E-state index in [4.69, 9.17) is 9.47 Å². The van der Waals surface area contributed by atoms with Gasteiger partial charge in [-0.15, -0.1) is 6.58 Å².